The van der Waals surface area contributed by atoms with E-state index in [1.54, 1.807) is 0 Å². The molecule has 0 radical (unpaired) electrons. The lowest BCUT2D eigenvalue weighted by Gasteiger charge is -2.39. The molecule has 1 aromatic heterocycles. The minimum Gasteiger partial charge on any atom is -0.333 e. The smallest absolute Gasteiger partial charge is 0.0948 e. The normalized spacial score (nSPS) is 19.3. The van der Waals surface area contributed by atoms with Crippen molar-refractivity contribution in [1.82, 2.24) is 24.3 Å². The van der Waals surface area contributed by atoms with Crippen molar-refractivity contribution in [3.63, 3.8) is 0 Å². The third-order valence-corrected chi connectivity index (χ3v) is 4.36. The first-order chi connectivity index (χ1) is 10.2. The highest BCUT2D eigenvalue weighted by Crippen LogP contribution is 2.21. The summed E-state index contributed by atoms with van der Waals surface area (Å²) >= 11 is 0. The Morgan fingerprint density at radius 2 is 2.00 bits per heavy atom. The number of piperazine rings is 1. The Bertz CT molecular complexity index is 408. The van der Waals surface area contributed by atoms with Crippen molar-refractivity contribution in [3.05, 3.63) is 18.2 Å². The maximum atomic E-state index is 6.05. The number of aromatic nitrogens is 2. The summed E-state index contributed by atoms with van der Waals surface area (Å²) in [5.41, 5.74) is 7.30. The molecule has 0 saturated carbocycles. The van der Waals surface area contributed by atoms with Crippen molar-refractivity contribution in [3.8, 4) is 0 Å². The van der Waals surface area contributed by atoms with Gasteiger partial charge in [0.25, 0.3) is 0 Å². The van der Waals surface area contributed by atoms with Gasteiger partial charge in [0.15, 0.2) is 0 Å². The fourth-order valence-electron chi connectivity index (χ4n) is 2.97. The number of likely N-dealkylation sites (N-methyl/N-ethyl adjacent to an activating group) is 1. The van der Waals surface area contributed by atoms with Crippen LogP contribution in [0.1, 0.15) is 18.7 Å². The second-order valence-corrected chi connectivity index (χ2v) is 6.04. The molecule has 21 heavy (non-hydrogen) atoms. The lowest BCUT2D eigenvalue weighted by atomic mass is 10.1. The first-order valence-corrected chi connectivity index (χ1v) is 7.97. The predicted molar refractivity (Wildman–Crippen MR) is 86.3 cm³/mol. The molecule has 2 heterocycles. The van der Waals surface area contributed by atoms with Gasteiger partial charge in [-0.3, -0.25) is 9.80 Å². The molecule has 0 amide bonds. The van der Waals surface area contributed by atoms with Crippen LogP contribution in [0.15, 0.2) is 12.5 Å². The van der Waals surface area contributed by atoms with Gasteiger partial charge in [0, 0.05) is 58.6 Å². The van der Waals surface area contributed by atoms with Gasteiger partial charge in [0.2, 0.25) is 0 Å². The quantitative estimate of drug-likeness (QED) is 0.772. The molecule has 2 rings (SSSR count). The highest BCUT2D eigenvalue weighted by atomic mass is 15.3. The summed E-state index contributed by atoms with van der Waals surface area (Å²) in [5, 5.41) is 0. The number of rotatable bonds is 7. The number of hydrogen-bond acceptors (Lipinski definition) is 5. The van der Waals surface area contributed by atoms with Gasteiger partial charge in [-0.2, -0.15) is 0 Å². The number of hydrogen-bond donors (Lipinski definition) is 1. The molecular weight excluding hydrogens is 264 g/mol. The minimum absolute atomic E-state index is 0.295. The Morgan fingerprint density at radius 3 is 2.57 bits per heavy atom. The molecule has 1 fully saturated rings. The van der Waals surface area contributed by atoms with Crippen LogP contribution in [0.25, 0.3) is 0 Å². The Labute approximate surface area is 128 Å². The molecule has 0 bridgehead atoms. The van der Waals surface area contributed by atoms with Gasteiger partial charge in [0.05, 0.1) is 18.1 Å². The van der Waals surface area contributed by atoms with Crippen molar-refractivity contribution in [1.29, 1.82) is 0 Å². The third kappa shape index (κ3) is 4.26. The molecule has 1 unspecified atom stereocenters. The van der Waals surface area contributed by atoms with E-state index in [2.05, 4.69) is 45.3 Å². The van der Waals surface area contributed by atoms with Gasteiger partial charge in [-0.15, -0.1) is 0 Å². The van der Waals surface area contributed by atoms with Gasteiger partial charge in [-0.05, 0) is 21.0 Å². The zero-order valence-electron chi connectivity index (χ0n) is 13.7. The van der Waals surface area contributed by atoms with Crippen molar-refractivity contribution in [2.24, 2.45) is 5.73 Å². The summed E-state index contributed by atoms with van der Waals surface area (Å²) in [5.74, 6) is 0. The Morgan fingerprint density at radius 1 is 1.29 bits per heavy atom. The van der Waals surface area contributed by atoms with Crippen LogP contribution >= 0.6 is 0 Å². The number of aryl methyl sites for hydroxylation is 1. The number of imidazole rings is 1. The van der Waals surface area contributed by atoms with Gasteiger partial charge in [-0.25, -0.2) is 4.98 Å². The molecule has 6 nitrogen and oxygen atoms in total. The molecule has 6 heteroatoms. The van der Waals surface area contributed by atoms with Crippen LogP contribution in [-0.2, 0) is 6.54 Å². The molecule has 1 aliphatic rings. The van der Waals surface area contributed by atoms with Crippen LogP contribution in [0.5, 0.6) is 0 Å². The van der Waals surface area contributed by atoms with Crippen molar-refractivity contribution in [2.75, 3.05) is 59.9 Å². The lowest BCUT2D eigenvalue weighted by molar-refractivity contribution is 0.0912. The fourth-order valence-corrected chi connectivity index (χ4v) is 2.97. The SMILES string of the molecule is CCn1cncc1C(CN)N1CCN(CCN(C)C)CC1. The molecule has 1 saturated heterocycles. The maximum Gasteiger partial charge on any atom is 0.0948 e. The van der Waals surface area contributed by atoms with E-state index >= 15 is 0 Å². The number of nitrogens with zero attached hydrogens (tertiary/aromatic N) is 5. The molecular formula is C15H30N6. The molecule has 0 spiro atoms. The second kappa shape index (κ2) is 7.89. The zero-order valence-corrected chi connectivity index (χ0v) is 13.7. The average molecular weight is 294 g/mol. The summed E-state index contributed by atoms with van der Waals surface area (Å²) < 4.78 is 2.20. The zero-order chi connectivity index (χ0) is 15.2. The number of nitrogens with two attached hydrogens (primary N) is 1. The molecule has 0 aliphatic carbocycles. The molecule has 2 N–H and O–H groups in total. The summed E-state index contributed by atoms with van der Waals surface area (Å²) in [6, 6.07) is 0.295. The van der Waals surface area contributed by atoms with Crippen LogP contribution in [0.4, 0.5) is 0 Å². The Balaban J connectivity index is 1.90. The van der Waals surface area contributed by atoms with Crippen LogP contribution in [0, 0.1) is 0 Å². The predicted octanol–water partition coefficient (Wildman–Crippen LogP) is 0.0820. The van der Waals surface area contributed by atoms with Crippen molar-refractivity contribution >= 4 is 0 Å². The van der Waals surface area contributed by atoms with Crippen LogP contribution in [-0.4, -0.2) is 84.2 Å². The van der Waals surface area contributed by atoms with Gasteiger partial charge < -0.3 is 15.2 Å². The highest BCUT2D eigenvalue weighted by Gasteiger charge is 2.25. The molecule has 120 valence electrons. The van der Waals surface area contributed by atoms with E-state index in [-0.39, 0.29) is 0 Å². The minimum atomic E-state index is 0.295. The highest BCUT2D eigenvalue weighted by molar-refractivity contribution is 5.07. The molecule has 1 aliphatic heterocycles. The van der Waals surface area contributed by atoms with Crippen molar-refractivity contribution < 1.29 is 0 Å². The largest absolute Gasteiger partial charge is 0.333 e. The molecule has 1 aromatic rings. The van der Waals surface area contributed by atoms with E-state index in [4.69, 9.17) is 5.73 Å². The standard InChI is InChI=1S/C15H30N6/c1-4-20-13-17-12-15(20)14(11-16)21-9-7-19(8-10-21)6-5-18(2)3/h12-14H,4-11,16H2,1-3H3. The Kier molecular flexibility index (Phi) is 6.17. The average Bonchev–Trinajstić information content (AvgIpc) is 2.95. The van der Waals surface area contributed by atoms with Crippen molar-refractivity contribution in [2.45, 2.75) is 19.5 Å². The summed E-state index contributed by atoms with van der Waals surface area (Å²) in [7, 11) is 4.26. The van der Waals surface area contributed by atoms with Crippen LogP contribution < -0.4 is 5.73 Å². The van der Waals surface area contributed by atoms with Crippen LogP contribution in [0.3, 0.4) is 0 Å². The van der Waals surface area contributed by atoms with E-state index in [0.29, 0.717) is 12.6 Å². The van der Waals surface area contributed by atoms with Gasteiger partial charge >= 0.3 is 0 Å². The summed E-state index contributed by atoms with van der Waals surface area (Å²) in [6.45, 7) is 10.5. The van der Waals surface area contributed by atoms with Gasteiger partial charge in [0.1, 0.15) is 0 Å². The van der Waals surface area contributed by atoms with E-state index in [1.165, 1.54) is 5.69 Å². The first kappa shape index (κ1) is 16.4. The summed E-state index contributed by atoms with van der Waals surface area (Å²) in [6.07, 6.45) is 3.88. The second-order valence-electron chi connectivity index (χ2n) is 6.04. The Hall–Kier alpha value is -0.950. The van der Waals surface area contributed by atoms with E-state index in [1.807, 2.05) is 12.5 Å². The molecule has 1 atom stereocenters. The topological polar surface area (TPSA) is 53.6 Å². The molecule has 0 aromatic carbocycles. The van der Waals surface area contributed by atoms with E-state index < -0.39 is 0 Å². The fraction of sp³-hybridized carbons (Fsp3) is 0.800. The van der Waals surface area contributed by atoms with E-state index in [9.17, 15) is 0 Å². The van der Waals surface area contributed by atoms with E-state index in [0.717, 1.165) is 45.8 Å². The third-order valence-electron chi connectivity index (χ3n) is 4.36. The maximum absolute atomic E-state index is 6.05. The monoisotopic (exact) mass is 294 g/mol. The van der Waals surface area contributed by atoms with Gasteiger partial charge in [-0.1, -0.05) is 0 Å². The van der Waals surface area contributed by atoms with Crippen LogP contribution in [0.2, 0.25) is 0 Å². The summed E-state index contributed by atoms with van der Waals surface area (Å²) in [4.78, 5) is 11.6. The first-order valence-electron chi connectivity index (χ1n) is 7.97. The lowest BCUT2D eigenvalue weighted by Crippen LogP contribution is -2.50.